The number of nitrogens with zero attached hydrogens (tertiary/aromatic N) is 4. The Bertz CT molecular complexity index is 814. The van der Waals surface area contributed by atoms with E-state index in [9.17, 15) is 13.2 Å². The first kappa shape index (κ1) is 19.8. The van der Waals surface area contributed by atoms with Gasteiger partial charge in [-0.1, -0.05) is 5.16 Å². The van der Waals surface area contributed by atoms with Crippen molar-refractivity contribution in [2.75, 3.05) is 39.8 Å². The lowest BCUT2D eigenvalue weighted by atomic mass is 10.0. The molecule has 0 unspecified atom stereocenters. The molecule has 3 heterocycles. The minimum absolute atomic E-state index is 0.0671. The lowest BCUT2D eigenvalue weighted by Crippen LogP contribution is -2.57. The molecule has 0 spiro atoms. The Morgan fingerprint density at radius 3 is 2.54 bits per heavy atom. The molecule has 2 saturated heterocycles. The first-order valence-electron chi connectivity index (χ1n) is 10.1. The molecule has 3 fully saturated rings. The first-order chi connectivity index (χ1) is 13.3. The molecule has 1 saturated carbocycles. The Morgan fingerprint density at radius 2 is 1.89 bits per heavy atom. The highest BCUT2D eigenvalue weighted by atomic mass is 32.2. The predicted molar refractivity (Wildman–Crippen MR) is 103 cm³/mol. The van der Waals surface area contributed by atoms with Gasteiger partial charge in [-0.25, -0.2) is 0 Å². The van der Waals surface area contributed by atoms with Crippen molar-refractivity contribution >= 4 is 16.1 Å². The van der Waals surface area contributed by atoms with Crippen LogP contribution in [0.15, 0.2) is 10.6 Å². The van der Waals surface area contributed by atoms with Gasteiger partial charge in [0.1, 0.15) is 5.76 Å². The highest BCUT2D eigenvalue weighted by Gasteiger charge is 2.38. The van der Waals surface area contributed by atoms with Crippen molar-refractivity contribution in [3.63, 3.8) is 0 Å². The first-order valence-corrected chi connectivity index (χ1v) is 11.5. The topological polar surface area (TPSA) is 99.0 Å². The summed E-state index contributed by atoms with van der Waals surface area (Å²) in [6, 6.07) is 1.49. The number of piperidine rings is 1. The summed E-state index contributed by atoms with van der Waals surface area (Å²) in [5, 5.41) is 6.87. The zero-order valence-electron chi connectivity index (χ0n) is 16.5. The third kappa shape index (κ3) is 4.10. The second kappa shape index (κ2) is 7.74. The molecule has 0 aromatic carbocycles. The predicted octanol–water partition coefficient (Wildman–Crippen LogP) is 0.627. The fourth-order valence-corrected chi connectivity index (χ4v) is 5.81. The Hall–Kier alpha value is -1.49. The third-order valence-corrected chi connectivity index (χ3v) is 8.13. The van der Waals surface area contributed by atoms with Crippen LogP contribution >= 0.6 is 0 Å². The molecule has 28 heavy (non-hydrogen) atoms. The summed E-state index contributed by atoms with van der Waals surface area (Å²) in [7, 11) is -1.46. The Balaban J connectivity index is 1.33. The van der Waals surface area contributed by atoms with Gasteiger partial charge >= 0.3 is 0 Å². The van der Waals surface area contributed by atoms with Crippen LogP contribution in [0.5, 0.6) is 0 Å². The second-order valence-electron chi connectivity index (χ2n) is 8.25. The van der Waals surface area contributed by atoms with E-state index in [1.54, 1.807) is 14.7 Å². The molecule has 2 aliphatic heterocycles. The highest BCUT2D eigenvalue weighted by molar-refractivity contribution is 7.86. The number of hydrogen-bond donors (Lipinski definition) is 1. The fourth-order valence-electron chi connectivity index (χ4n) is 4.01. The molecular weight excluding hydrogens is 382 g/mol. The monoisotopic (exact) mass is 411 g/mol. The lowest BCUT2D eigenvalue weighted by Gasteiger charge is -2.41. The molecule has 9 nitrogen and oxygen atoms in total. The molecule has 0 bridgehead atoms. The van der Waals surface area contributed by atoms with Crippen molar-refractivity contribution in [2.45, 2.75) is 50.6 Å². The zero-order chi connectivity index (χ0) is 19.9. The number of hydrogen-bond acceptors (Lipinski definition) is 6. The maximum Gasteiger partial charge on any atom is 0.282 e. The fraction of sp³-hybridized carbons (Fsp3) is 0.778. The molecule has 10 heteroatoms. The van der Waals surface area contributed by atoms with Crippen LogP contribution in [0.1, 0.15) is 54.8 Å². The number of aromatic nitrogens is 1. The summed E-state index contributed by atoms with van der Waals surface area (Å²) in [6.07, 6.45) is 3.37. The van der Waals surface area contributed by atoms with Crippen LogP contribution in [0.2, 0.25) is 0 Å². The summed E-state index contributed by atoms with van der Waals surface area (Å²) < 4.78 is 34.4. The Kier molecular flexibility index (Phi) is 5.47. The van der Waals surface area contributed by atoms with Crippen LogP contribution < -0.4 is 5.32 Å². The smallest absolute Gasteiger partial charge is 0.282 e. The number of nitrogens with one attached hydrogen (secondary N) is 1. The quantitative estimate of drug-likeness (QED) is 0.763. The van der Waals surface area contributed by atoms with Crippen LogP contribution in [0.3, 0.4) is 0 Å². The van der Waals surface area contributed by atoms with Gasteiger partial charge in [0.2, 0.25) is 0 Å². The molecule has 1 amide bonds. The number of amides is 1. The summed E-state index contributed by atoms with van der Waals surface area (Å²) in [6.45, 7) is 4.87. The number of carbonyl (C=O) groups is 1. The second-order valence-corrected chi connectivity index (χ2v) is 10.1. The molecule has 1 aliphatic carbocycles. The van der Waals surface area contributed by atoms with Crippen LogP contribution in [0, 0.1) is 0 Å². The molecular formula is C18H29N5O4S. The van der Waals surface area contributed by atoms with E-state index in [1.807, 2.05) is 14.0 Å². The average Bonchev–Trinajstić information content (AvgIpc) is 3.38. The van der Waals surface area contributed by atoms with Gasteiger partial charge in [-0.15, -0.1) is 0 Å². The van der Waals surface area contributed by atoms with E-state index in [1.165, 1.54) is 0 Å². The number of carbonyl (C=O) groups excluding carboxylic acids is 1. The van der Waals surface area contributed by atoms with Gasteiger partial charge in [0.25, 0.3) is 16.1 Å². The van der Waals surface area contributed by atoms with Crippen LogP contribution in [-0.2, 0) is 10.2 Å². The van der Waals surface area contributed by atoms with E-state index >= 15 is 0 Å². The van der Waals surface area contributed by atoms with E-state index in [0.717, 1.165) is 31.7 Å². The van der Waals surface area contributed by atoms with Crippen molar-refractivity contribution < 1.29 is 17.7 Å². The summed E-state index contributed by atoms with van der Waals surface area (Å²) in [4.78, 5) is 14.6. The van der Waals surface area contributed by atoms with E-state index in [0.29, 0.717) is 44.1 Å². The van der Waals surface area contributed by atoms with E-state index < -0.39 is 10.2 Å². The van der Waals surface area contributed by atoms with Crippen molar-refractivity contribution in [3.8, 4) is 0 Å². The van der Waals surface area contributed by atoms with Gasteiger partial charge in [0, 0.05) is 56.8 Å². The molecule has 2 atom stereocenters. The normalized spacial score (nSPS) is 28.4. The maximum atomic E-state index is 13.0. The highest BCUT2D eigenvalue weighted by Crippen LogP contribution is 2.40. The zero-order valence-corrected chi connectivity index (χ0v) is 17.3. The molecule has 1 aromatic rings. The largest absolute Gasteiger partial charge is 0.360 e. The Morgan fingerprint density at radius 1 is 1.18 bits per heavy atom. The molecule has 0 radical (unpaired) electrons. The number of piperazine rings is 1. The minimum Gasteiger partial charge on any atom is -0.360 e. The lowest BCUT2D eigenvalue weighted by molar-refractivity contribution is 0.0903. The SMILES string of the molecule is C[C@@H]1C[C@@H](NC(=O)c2cc(C3CC3)on2)CCN1S(=O)(=O)N1CCN(C)CC1. The standard InChI is InChI=1S/C18H29N5O4S/c1-13-11-15(19-18(24)16-12-17(27-20-16)14-3-4-14)5-6-23(13)28(25,26)22-9-7-21(2)8-10-22/h12-15H,3-11H2,1-2H3,(H,19,24)/t13-,15+/m1/s1. The van der Waals surface area contributed by atoms with Crippen molar-refractivity contribution in [1.29, 1.82) is 0 Å². The van der Waals surface area contributed by atoms with Crippen molar-refractivity contribution in [3.05, 3.63) is 17.5 Å². The minimum atomic E-state index is -3.46. The van der Waals surface area contributed by atoms with Gasteiger partial charge in [-0.05, 0) is 39.7 Å². The molecule has 3 aliphatic rings. The van der Waals surface area contributed by atoms with Crippen molar-refractivity contribution in [2.24, 2.45) is 0 Å². The molecule has 156 valence electrons. The summed E-state index contributed by atoms with van der Waals surface area (Å²) in [5.74, 6) is 0.951. The number of rotatable bonds is 5. The van der Waals surface area contributed by atoms with Gasteiger partial charge in [0.05, 0.1) is 0 Å². The van der Waals surface area contributed by atoms with Gasteiger partial charge in [0.15, 0.2) is 5.69 Å². The van der Waals surface area contributed by atoms with Crippen LogP contribution in [0.4, 0.5) is 0 Å². The van der Waals surface area contributed by atoms with E-state index in [2.05, 4.69) is 15.4 Å². The van der Waals surface area contributed by atoms with E-state index in [4.69, 9.17) is 4.52 Å². The average molecular weight is 412 g/mol. The molecule has 1 N–H and O–H groups in total. The summed E-state index contributed by atoms with van der Waals surface area (Å²) >= 11 is 0. The molecule has 4 rings (SSSR count). The van der Waals surface area contributed by atoms with Gasteiger partial charge < -0.3 is 14.7 Å². The maximum absolute atomic E-state index is 13.0. The summed E-state index contributed by atoms with van der Waals surface area (Å²) in [5.41, 5.74) is 0.307. The van der Waals surface area contributed by atoms with Crippen LogP contribution in [0.25, 0.3) is 0 Å². The van der Waals surface area contributed by atoms with E-state index in [-0.39, 0.29) is 18.0 Å². The number of likely N-dealkylation sites (N-methyl/N-ethyl adjacent to an activating group) is 1. The molecule has 1 aromatic heterocycles. The van der Waals surface area contributed by atoms with Gasteiger partial charge in [-0.3, -0.25) is 4.79 Å². The van der Waals surface area contributed by atoms with Crippen LogP contribution in [-0.4, -0.2) is 84.8 Å². The van der Waals surface area contributed by atoms with Crippen molar-refractivity contribution in [1.82, 2.24) is 24.0 Å². The van der Waals surface area contributed by atoms with Gasteiger partial charge in [-0.2, -0.15) is 17.0 Å². The Labute approximate surface area is 166 Å². The third-order valence-electron chi connectivity index (χ3n) is 5.98.